The predicted octanol–water partition coefficient (Wildman–Crippen LogP) is 2.62. The van der Waals surface area contributed by atoms with Crippen LogP contribution in [-0.4, -0.2) is 18.1 Å². The Kier molecular flexibility index (Phi) is 3.15. The van der Waals surface area contributed by atoms with Crippen LogP contribution in [0.25, 0.3) is 5.57 Å². The van der Waals surface area contributed by atoms with Crippen LogP contribution in [0.1, 0.15) is 18.4 Å². The highest BCUT2D eigenvalue weighted by Gasteiger charge is 2.30. The molecule has 2 unspecified atom stereocenters. The second-order valence-electron chi connectivity index (χ2n) is 5.01. The summed E-state index contributed by atoms with van der Waals surface area (Å²) in [6.07, 6.45) is 9.94. The molecule has 1 aliphatic carbocycles. The molecular weight excluding hydrogens is 224 g/mol. The van der Waals surface area contributed by atoms with Gasteiger partial charge in [0.25, 0.3) is 0 Å². The van der Waals surface area contributed by atoms with Crippen molar-refractivity contribution in [2.75, 3.05) is 13.1 Å². The molecule has 1 aromatic heterocycles. The second kappa shape index (κ2) is 4.94. The van der Waals surface area contributed by atoms with Gasteiger partial charge in [-0.2, -0.15) is 0 Å². The van der Waals surface area contributed by atoms with E-state index >= 15 is 0 Å². The summed E-state index contributed by atoms with van der Waals surface area (Å²) in [6, 6.07) is 2.05. The van der Waals surface area contributed by atoms with Crippen LogP contribution in [0.2, 0.25) is 0 Å². The lowest BCUT2D eigenvalue weighted by Gasteiger charge is -2.25. The molecule has 1 saturated heterocycles. The van der Waals surface area contributed by atoms with E-state index in [9.17, 15) is 0 Å². The van der Waals surface area contributed by atoms with Crippen molar-refractivity contribution < 1.29 is 4.74 Å². The summed E-state index contributed by atoms with van der Waals surface area (Å²) in [7, 11) is 0. The van der Waals surface area contributed by atoms with Gasteiger partial charge in [0.2, 0.25) is 0 Å². The van der Waals surface area contributed by atoms with E-state index in [0.717, 1.165) is 24.8 Å². The molecule has 0 aromatic carbocycles. The molecule has 1 fully saturated rings. The minimum atomic E-state index is 0.692. The normalized spacial score (nSPS) is 26.3. The van der Waals surface area contributed by atoms with Crippen LogP contribution in [0, 0.1) is 11.8 Å². The lowest BCUT2D eigenvalue weighted by Crippen LogP contribution is -2.33. The van der Waals surface area contributed by atoms with Gasteiger partial charge in [-0.05, 0) is 48.4 Å². The molecule has 0 bridgehead atoms. The number of nitrogens with one attached hydrogen (secondary N) is 1. The molecule has 1 aromatic rings. The van der Waals surface area contributed by atoms with Crippen molar-refractivity contribution in [3.05, 3.63) is 42.9 Å². The number of pyridine rings is 1. The van der Waals surface area contributed by atoms with E-state index in [1.165, 1.54) is 30.2 Å². The van der Waals surface area contributed by atoms with Crippen LogP contribution in [0.15, 0.2) is 37.4 Å². The average molecular weight is 242 g/mol. The van der Waals surface area contributed by atoms with E-state index in [1.54, 1.807) is 6.20 Å². The highest BCUT2D eigenvalue weighted by molar-refractivity contribution is 5.68. The van der Waals surface area contributed by atoms with Crippen LogP contribution in [0.5, 0.6) is 5.75 Å². The largest absolute Gasteiger partial charge is 0.464 e. The van der Waals surface area contributed by atoms with Crippen LogP contribution in [0.3, 0.4) is 0 Å². The maximum Gasteiger partial charge on any atom is 0.145 e. The average Bonchev–Trinajstić information content (AvgIpc) is 2.83. The Labute approximate surface area is 108 Å². The topological polar surface area (TPSA) is 34.1 Å². The Morgan fingerprint density at radius 2 is 2.39 bits per heavy atom. The van der Waals surface area contributed by atoms with Crippen LogP contribution < -0.4 is 10.1 Å². The summed E-state index contributed by atoms with van der Waals surface area (Å²) in [6.45, 7) is 5.84. The Balaban J connectivity index is 1.82. The van der Waals surface area contributed by atoms with Crippen LogP contribution in [-0.2, 0) is 0 Å². The van der Waals surface area contributed by atoms with Crippen molar-refractivity contribution in [1.82, 2.24) is 10.3 Å². The first kappa shape index (κ1) is 11.5. The molecule has 2 aliphatic rings. The summed E-state index contributed by atoms with van der Waals surface area (Å²) < 4.78 is 5.29. The van der Waals surface area contributed by atoms with Gasteiger partial charge < -0.3 is 10.1 Å². The number of nitrogens with zero attached hydrogens (tertiary/aromatic N) is 1. The highest BCUT2D eigenvalue weighted by atomic mass is 16.5. The summed E-state index contributed by atoms with van der Waals surface area (Å²) in [5, 5.41) is 3.46. The number of aromatic nitrogens is 1. The molecule has 0 spiro atoms. The number of hydrogen-bond acceptors (Lipinski definition) is 3. The molecule has 3 heteroatoms. The quantitative estimate of drug-likeness (QED) is 0.827. The SMILES string of the molecule is C=COc1cncc(C2=CC3CNCCC3C2)c1. The fourth-order valence-electron chi connectivity index (χ4n) is 2.96. The zero-order valence-corrected chi connectivity index (χ0v) is 10.4. The van der Waals surface area contributed by atoms with E-state index in [4.69, 9.17) is 4.74 Å². The minimum Gasteiger partial charge on any atom is -0.464 e. The fourth-order valence-corrected chi connectivity index (χ4v) is 2.96. The standard InChI is InChI=1S/C15H18N2O/c1-2-18-15-7-14(9-17-10-15)12-5-11-3-4-16-8-13(11)6-12/h2,6-7,9-11,13,16H,1,3-5,8H2. The van der Waals surface area contributed by atoms with E-state index in [-0.39, 0.29) is 0 Å². The molecular formula is C15H18N2O. The molecule has 3 rings (SSSR count). The summed E-state index contributed by atoms with van der Waals surface area (Å²) in [4.78, 5) is 4.24. The lowest BCUT2D eigenvalue weighted by atomic mass is 9.89. The summed E-state index contributed by atoms with van der Waals surface area (Å²) in [5.41, 5.74) is 2.60. The summed E-state index contributed by atoms with van der Waals surface area (Å²) >= 11 is 0. The molecule has 3 nitrogen and oxygen atoms in total. The molecule has 1 N–H and O–H groups in total. The van der Waals surface area contributed by atoms with E-state index in [2.05, 4.69) is 23.0 Å². The number of rotatable bonds is 3. The molecule has 94 valence electrons. The van der Waals surface area contributed by atoms with Crippen molar-refractivity contribution >= 4 is 5.57 Å². The van der Waals surface area contributed by atoms with Crippen molar-refractivity contribution in [3.8, 4) is 5.75 Å². The minimum absolute atomic E-state index is 0.692. The van der Waals surface area contributed by atoms with Gasteiger partial charge >= 0.3 is 0 Å². The van der Waals surface area contributed by atoms with Crippen molar-refractivity contribution in [1.29, 1.82) is 0 Å². The first-order valence-corrected chi connectivity index (χ1v) is 6.51. The second-order valence-corrected chi connectivity index (χ2v) is 5.01. The third-order valence-electron chi connectivity index (χ3n) is 3.88. The lowest BCUT2D eigenvalue weighted by molar-refractivity contribution is 0.323. The summed E-state index contributed by atoms with van der Waals surface area (Å²) in [5.74, 6) is 2.26. The zero-order valence-electron chi connectivity index (χ0n) is 10.4. The first-order valence-electron chi connectivity index (χ1n) is 6.51. The van der Waals surface area contributed by atoms with Gasteiger partial charge in [0.15, 0.2) is 0 Å². The highest BCUT2D eigenvalue weighted by Crippen LogP contribution is 2.39. The van der Waals surface area contributed by atoms with Gasteiger partial charge in [-0.15, -0.1) is 0 Å². The van der Waals surface area contributed by atoms with Crippen LogP contribution in [0.4, 0.5) is 0 Å². The Morgan fingerprint density at radius 3 is 3.22 bits per heavy atom. The Hall–Kier alpha value is -1.61. The van der Waals surface area contributed by atoms with E-state index in [0.29, 0.717) is 5.92 Å². The Morgan fingerprint density at radius 1 is 1.44 bits per heavy atom. The number of ether oxygens (including phenoxy) is 1. The molecule has 2 atom stereocenters. The molecule has 2 heterocycles. The Bertz CT molecular complexity index is 481. The number of piperidine rings is 1. The molecule has 18 heavy (non-hydrogen) atoms. The third kappa shape index (κ3) is 2.18. The number of fused-ring (bicyclic) bond motifs is 1. The molecule has 0 radical (unpaired) electrons. The van der Waals surface area contributed by atoms with Crippen molar-refractivity contribution in [3.63, 3.8) is 0 Å². The smallest absolute Gasteiger partial charge is 0.145 e. The van der Waals surface area contributed by atoms with Crippen molar-refractivity contribution in [2.24, 2.45) is 11.8 Å². The monoisotopic (exact) mass is 242 g/mol. The third-order valence-corrected chi connectivity index (χ3v) is 3.88. The van der Waals surface area contributed by atoms with Gasteiger partial charge in [-0.1, -0.05) is 12.7 Å². The zero-order chi connectivity index (χ0) is 12.4. The van der Waals surface area contributed by atoms with Gasteiger partial charge in [0.05, 0.1) is 12.5 Å². The molecule has 0 saturated carbocycles. The molecule has 0 amide bonds. The van der Waals surface area contributed by atoms with Gasteiger partial charge in [0.1, 0.15) is 5.75 Å². The predicted molar refractivity (Wildman–Crippen MR) is 72.1 cm³/mol. The fraction of sp³-hybridized carbons (Fsp3) is 0.400. The van der Waals surface area contributed by atoms with Gasteiger partial charge in [-0.25, -0.2) is 0 Å². The van der Waals surface area contributed by atoms with Crippen LogP contribution >= 0.6 is 0 Å². The first-order chi connectivity index (χ1) is 8.86. The van der Waals surface area contributed by atoms with Crippen molar-refractivity contribution in [2.45, 2.75) is 12.8 Å². The van der Waals surface area contributed by atoms with E-state index in [1.807, 2.05) is 12.3 Å². The molecule has 1 aliphatic heterocycles. The van der Waals surface area contributed by atoms with Gasteiger partial charge in [-0.3, -0.25) is 4.98 Å². The van der Waals surface area contributed by atoms with Gasteiger partial charge in [0, 0.05) is 12.7 Å². The number of allylic oxidation sites excluding steroid dienone is 1. The maximum atomic E-state index is 5.29. The maximum absolute atomic E-state index is 5.29. The number of hydrogen-bond donors (Lipinski definition) is 1. The van der Waals surface area contributed by atoms with E-state index < -0.39 is 0 Å².